The first-order valence-corrected chi connectivity index (χ1v) is 12.6. The monoisotopic (exact) mass is 518 g/mol. The second kappa shape index (κ2) is 12.1. The lowest BCUT2D eigenvalue weighted by molar-refractivity contribution is -0.146. The van der Waals surface area contributed by atoms with E-state index in [2.05, 4.69) is 0 Å². The maximum absolute atomic E-state index is 12.9. The average Bonchev–Trinajstić information content (AvgIpc) is 3.16. The number of thiocarbonyl (C=S) groups is 2. The number of carbonyl (C=O) groups excluding carboxylic acids is 4. The van der Waals surface area contributed by atoms with Crippen LogP contribution in [0, 0.1) is 11.8 Å². The summed E-state index contributed by atoms with van der Waals surface area (Å²) in [7, 11) is 0. The summed E-state index contributed by atoms with van der Waals surface area (Å²) in [6.45, 7) is 8.50. The largest absolute Gasteiger partial charge is 0.465 e. The number of nitrogens with zero attached hydrogens (tertiary/aromatic N) is 2. The van der Waals surface area contributed by atoms with Gasteiger partial charge in [0, 0.05) is 13.1 Å². The number of hydrogen-bond donors (Lipinski definition) is 0. The molecule has 0 aromatic carbocycles. The van der Waals surface area contributed by atoms with Gasteiger partial charge in [-0.05, 0) is 11.8 Å². The second-order valence-corrected chi connectivity index (χ2v) is 11.2. The fraction of sp³-hybridized carbons (Fsp3) is 0.600. The predicted molar refractivity (Wildman–Crippen MR) is 132 cm³/mol. The van der Waals surface area contributed by atoms with Crippen molar-refractivity contribution < 1.29 is 28.7 Å². The van der Waals surface area contributed by atoms with Gasteiger partial charge in [0.25, 0.3) is 11.8 Å². The Balaban J connectivity index is 1.99. The van der Waals surface area contributed by atoms with Gasteiger partial charge in [-0.15, -0.1) is 0 Å². The fourth-order valence-corrected chi connectivity index (χ4v) is 5.30. The number of hydrogen-bond acceptors (Lipinski definition) is 10. The van der Waals surface area contributed by atoms with Crippen LogP contribution in [0.4, 0.5) is 0 Å². The summed E-state index contributed by atoms with van der Waals surface area (Å²) in [5.41, 5.74) is 0. The van der Waals surface area contributed by atoms with E-state index in [1.54, 1.807) is 0 Å². The lowest BCUT2D eigenvalue weighted by atomic mass is 10.2. The zero-order chi connectivity index (χ0) is 24.0. The first-order chi connectivity index (χ1) is 15.0. The van der Waals surface area contributed by atoms with Gasteiger partial charge in [0.05, 0.1) is 35.9 Å². The van der Waals surface area contributed by atoms with Gasteiger partial charge in [0.15, 0.2) is 0 Å². The van der Waals surface area contributed by atoms with Crippen LogP contribution in [0.3, 0.4) is 0 Å². The normalized spacial score (nSPS) is 19.1. The number of thioether (sulfide) groups is 2. The molecule has 0 bridgehead atoms. The van der Waals surface area contributed by atoms with Crippen LogP contribution < -0.4 is 0 Å². The molecule has 0 saturated carbocycles. The fourth-order valence-electron chi connectivity index (χ4n) is 2.53. The van der Waals surface area contributed by atoms with E-state index < -0.39 is 23.8 Å². The highest BCUT2D eigenvalue weighted by Gasteiger charge is 2.42. The molecule has 32 heavy (non-hydrogen) atoms. The Morgan fingerprint density at radius 2 is 1.12 bits per heavy atom. The average molecular weight is 519 g/mol. The quantitative estimate of drug-likeness (QED) is 0.244. The van der Waals surface area contributed by atoms with Crippen molar-refractivity contribution in [2.45, 2.75) is 40.5 Å². The third kappa shape index (κ3) is 7.26. The molecule has 2 amide bonds. The van der Waals surface area contributed by atoms with E-state index in [9.17, 15) is 19.2 Å². The van der Waals surface area contributed by atoms with Gasteiger partial charge in [0.1, 0.15) is 8.64 Å². The Morgan fingerprint density at radius 1 is 0.781 bits per heavy atom. The molecule has 0 N–H and O–H groups in total. The van der Waals surface area contributed by atoms with Gasteiger partial charge in [-0.25, -0.2) is 0 Å². The second-order valence-electron chi connectivity index (χ2n) is 7.96. The summed E-state index contributed by atoms with van der Waals surface area (Å²) in [4.78, 5) is 52.4. The molecule has 2 aliphatic rings. The van der Waals surface area contributed by atoms with Crippen LogP contribution >= 0.6 is 48.0 Å². The van der Waals surface area contributed by atoms with Crippen LogP contribution in [0.2, 0.25) is 0 Å². The van der Waals surface area contributed by atoms with E-state index in [4.69, 9.17) is 33.9 Å². The maximum Gasteiger partial charge on any atom is 0.307 e. The van der Waals surface area contributed by atoms with Gasteiger partial charge in [-0.2, -0.15) is 0 Å². The van der Waals surface area contributed by atoms with E-state index in [0.717, 1.165) is 23.5 Å². The third-order valence-electron chi connectivity index (χ3n) is 4.14. The summed E-state index contributed by atoms with van der Waals surface area (Å²) in [5.74, 6) is -1.27. The zero-order valence-corrected chi connectivity index (χ0v) is 21.6. The van der Waals surface area contributed by atoms with Crippen LogP contribution in [0.5, 0.6) is 0 Å². The number of ether oxygens (including phenoxy) is 2. The Bertz CT molecular complexity index is 787. The Labute approximate surface area is 206 Å². The highest BCUT2D eigenvalue weighted by Crippen LogP contribution is 2.42. The molecule has 2 heterocycles. The Hall–Kier alpha value is -1.50. The summed E-state index contributed by atoms with van der Waals surface area (Å²) in [6.07, 6.45) is 0.0117. The number of amides is 2. The molecule has 2 aliphatic heterocycles. The van der Waals surface area contributed by atoms with Crippen molar-refractivity contribution >= 4 is 80.4 Å². The molecular weight excluding hydrogens is 492 g/mol. The minimum absolute atomic E-state index is 0.00584. The molecular formula is C20H26N2O6S4. The Kier molecular flexibility index (Phi) is 10.1. The molecule has 0 spiro atoms. The van der Waals surface area contributed by atoms with E-state index in [1.807, 2.05) is 27.7 Å². The SMILES string of the molecule is CC(C)COC(=O)CCN1C(=O)/C(=C2\SC(=S)N(CCC(=O)OCC(C)C)C2=O)SC1=S. The van der Waals surface area contributed by atoms with Crippen molar-refractivity contribution in [3.8, 4) is 0 Å². The molecule has 176 valence electrons. The predicted octanol–water partition coefficient (Wildman–Crippen LogP) is 3.10. The van der Waals surface area contributed by atoms with Gasteiger partial charge < -0.3 is 9.47 Å². The highest BCUT2D eigenvalue weighted by molar-refractivity contribution is 8.29. The smallest absolute Gasteiger partial charge is 0.307 e. The first kappa shape index (κ1) is 26.7. The van der Waals surface area contributed by atoms with Crippen molar-refractivity contribution in [2.24, 2.45) is 11.8 Å². The lowest BCUT2D eigenvalue weighted by Gasteiger charge is -2.15. The molecule has 2 rings (SSSR count). The molecule has 0 aliphatic carbocycles. The van der Waals surface area contributed by atoms with Crippen LogP contribution in [0.25, 0.3) is 0 Å². The van der Waals surface area contributed by atoms with Crippen LogP contribution in [-0.4, -0.2) is 68.5 Å². The van der Waals surface area contributed by atoms with E-state index in [0.29, 0.717) is 13.2 Å². The molecule has 8 nitrogen and oxygen atoms in total. The molecule has 0 radical (unpaired) electrons. The minimum Gasteiger partial charge on any atom is -0.465 e. The van der Waals surface area contributed by atoms with Crippen molar-refractivity contribution in [3.05, 3.63) is 9.81 Å². The van der Waals surface area contributed by atoms with Gasteiger partial charge in [-0.3, -0.25) is 29.0 Å². The standard InChI is InChI=1S/C20H26N2O6S4/c1-11(2)9-27-13(23)5-7-21-17(25)15(31-19(21)29)16-18(26)22(20(30)32-16)8-6-14(24)28-10-12(3)4/h11-12H,5-10H2,1-4H3/b16-15+. The number of carbonyl (C=O) groups is 4. The van der Waals surface area contributed by atoms with Crippen molar-refractivity contribution in [1.82, 2.24) is 9.80 Å². The summed E-state index contributed by atoms with van der Waals surface area (Å²) >= 11 is 12.6. The van der Waals surface area contributed by atoms with Crippen LogP contribution in [-0.2, 0) is 28.7 Å². The number of esters is 2. The van der Waals surface area contributed by atoms with Crippen molar-refractivity contribution in [3.63, 3.8) is 0 Å². The molecule has 0 aromatic heterocycles. The molecule has 0 atom stereocenters. The minimum atomic E-state index is -0.437. The molecule has 0 unspecified atom stereocenters. The molecule has 2 saturated heterocycles. The first-order valence-electron chi connectivity index (χ1n) is 10.1. The van der Waals surface area contributed by atoms with Crippen LogP contribution in [0.15, 0.2) is 9.81 Å². The third-order valence-corrected chi connectivity index (χ3v) is 7.16. The topological polar surface area (TPSA) is 93.2 Å². The summed E-state index contributed by atoms with van der Waals surface area (Å²) in [6, 6.07) is 0. The molecule has 0 aromatic rings. The van der Waals surface area contributed by atoms with Gasteiger partial charge in [-0.1, -0.05) is 75.7 Å². The van der Waals surface area contributed by atoms with Crippen molar-refractivity contribution in [1.29, 1.82) is 0 Å². The summed E-state index contributed by atoms with van der Waals surface area (Å²) in [5, 5.41) is 0. The summed E-state index contributed by atoms with van der Waals surface area (Å²) < 4.78 is 10.8. The highest BCUT2D eigenvalue weighted by atomic mass is 32.2. The van der Waals surface area contributed by atoms with Crippen LogP contribution in [0.1, 0.15) is 40.5 Å². The van der Waals surface area contributed by atoms with Gasteiger partial charge >= 0.3 is 11.9 Å². The molecule has 2 fully saturated rings. The maximum atomic E-state index is 12.9. The van der Waals surface area contributed by atoms with E-state index in [-0.39, 0.29) is 56.2 Å². The number of rotatable bonds is 10. The van der Waals surface area contributed by atoms with E-state index >= 15 is 0 Å². The Morgan fingerprint density at radius 3 is 1.44 bits per heavy atom. The van der Waals surface area contributed by atoms with Crippen molar-refractivity contribution in [2.75, 3.05) is 26.3 Å². The van der Waals surface area contributed by atoms with Gasteiger partial charge in [0.2, 0.25) is 0 Å². The molecule has 12 heteroatoms. The van der Waals surface area contributed by atoms with E-state index in [1.165, 1.54) is 9.80 Å². The lowest BCUT2D eigenvalue weighted by Crippen LogP contribution is -2.32. The zero-order valence-electron chi connectivity index (χ0n) is 18.4.